The fourth-order valence-corrected chi connectivity index (χ4v) is 3.75. The maximum atomic E-state index is 12.1. The first-order valence-corrected chi connectivity index (χ1v) is 10.1. The molecule has 0 aliphatic heterocycles. The Hall–Kier alpha value is -2.11. The molecule has 7 nitrogen and oxygen atoms in total. The predicted octanol–water partition coefficient (Wildman–Crippen LogP) is 1.86. The van der Waals surface area contributed by atoms with E-state index in [1.165, 1.54) is 24.3 Å². The van der Waals surface area contributed by atoms with Crippen LogP contribution in [-0.4, -0.2) is 38.2 Å². The second-order valence-electron chi connectivity index (χ2n) is 6.32. The van der Waals surface area contributed by atoms with Gasteiger partial charge in [0.25, 0.3) is 5.91 Å². The molecule has 1 aliphatic rings. The van der Waals surface area contributed by atoms with Crippen molar-refractivity contribution in [3.8, 4) is 6.07 Å². The minimum atomic E-state index is -3.65. The highest BCUT2D eigenvalue weighted by molar-refractivity contribution is 7.91. The monoisotopic (exact) mass is 398 g/mol. The zero-order valence-corrected chi connectivity index (χ0v) is 15.8. The molecule has 0 unspecified atom stereocenters. The van der Waals surface area contributed by atoms with Gasteiger partial charge in [-0.25, -0.2) is 8.42 Å². The smallest absolute Gasteiger partial charge is 0.307 e. The number of carbonyl (C=O) groups is 2. The Kier molecular flexibility index (Phi) is 6.26. The Labute approximate surface area is 157 Å². The number of hydrogen-bond acceptors (Lipinski definition) is 6. The summed E-state index contributed by atoms with van der Waals surface area (Å²) in [6.45, 7) is 1.08. The van der Waals surface area contributed by atoms with Crippen LogP contribution < -0.4 is 5.32 Å². The van der Waals surface area contributed by atoms with Gasteiger partial charge >= 0.3 is 5.97 Å². The molecule has 26 heavy (non-hydrogen) atoms. The van der Waals surface area contributed by atoms with Gasteiger partial charge in [0.15, 0.2) is 16.4 Å². The van der Waals surface area contributed by atoms with Gasteiger partial charge in [0.05, 0.1) is 23.1 Å². The Morgan fingerprint density at radius 2 is 1.96 bits per heavy atom. The number of nitrogens with zero attached hydrogens (tertiary/aromatic N) is 1. The number of halogens is 1. The largest absolute Gasteiger partial charge is 0.456 e. The maximum Gasteiger partial charge on any atom is 0.307 e. The van der Waals surface area contributed by atoms with Crippen LogP contribution in [0.5, 0.6) is 0 Å². The zero-order valence-electron chi connectivity index (χ0n) is 14.2. The molecule has 1 atom stereocenters. The van der Waals surface area contributed by atoms with Crippen LogP contribution in [0.3, 0.4) is 0 Å². The predicted molar refractivity (Wildman–Crippen MR) is 94.0 cm³/mol. The van der Waals surface area contributed by atoms with Gasteiger partial charge in [-0.1, -0.05) is 11.6 Å². The number of sulfone groups is 1. The van der Waals surface area contributed by atoms with Gasteiger partial charge in [-0.05, 0) is 49.9 Å². The normalized spacial score (nSPS) is 16.2. The quantitative estimate of drug-likeness (QED) is 0.668. The SMILES string of the molecule is C[C@](C#N)(NC(=O)COC(=O)CCS(=O)(=O)c1ccc(Cl)cc1)C1CC1. The summed E-state index contributed by atoms with van der Waals surface area (Å²) in [7, 11) is -3.65. The van der Waals surface area contributed by atoms with E-state index in [2.05, 4.69) is 11.4 Å². The van der Waals surface area contributed by atoms with E-state index in [4.69, 9.17) is 16.3 Å². The van der Waals surface area contributed by atoms with Crippen molar-refractivity contribution >= 4 is 33.3 Å². The lowest BCUT2D eigenvalue weighted by molar-refractivity contribution is -0.148. The van der Waals surface area contributed by atoms with Crippen LogP contribution in [0, 0.1) is 17.2 Å². The van der Waals surface area contributed by atoms with Crippen LogP contribution in [0.15, 0.2) is 29.2 Å². The van der Waals surface area contributed by atoms with Crippen LogP contribution in [-0.2, 0) is 24.2 Å². The van der Waals surface area contributed by atoms with Gasteiger partial charge in [0, 0.05) is 5.02 Å². The van der Waals surface area contributed by atoms with E-state index in [0.717, 1.165) is 12.8 Å². The first-order chi connectivity index (χ1) is 12.2. The van der Waals surface area contributed by atoms with Crippen molar-refractivity contribution in [3.63, 3.8) is 0 Å². The highest BCUT2D eigenvalue weighted by atomic mass is 35.5. The van der Waals surface area contributed by atoms with E-state index in [0.29, 0.717) is 5.02 Å². The number of amides is 1. The molecule has 9 heteroatoms. The number of nitrogens with one attached hydrogen (secondary N) is 1. The van der Waals surface area contributed by atoms with E-state index in [1.54, 1.807) is 6.92 Å². The van der Waals surface area contributed by atoms with E-state index < -0.39 is 39.6 Å². The Balaban J connectivity index is 1.79. The fraction of sp³-hybridized carbons (Fsp3) is 0.471. The molecule has 0 aromatic heterocycles. The minimum absolute atomic E-state index is 0.0571. The van der Waals surface area contributed by atoms with Crippen molar-refractivity contribution in [2.45, 2.75) is 36.6 Å². The van der Waals surface area contributed by atoms with E-state index in [-0.39, 0.29) is 17.2 Å². The van der Waals surface area contributed by atoms with Crippen LogP contribution >= 0.6 is 11.6 Å². The van der Waals surface area contributed by atoms with Crippen LogP contribution in [0.2, 0.25) is 5.02 Å². The Morgan fingerprint density at radius 3 is 2.50 bits per heavy atom. The molecule has 1 fully saturated rings. The van der Waals surface area contributed by atoms with Gasteiger partial charge in [0.2, 0.25) is 0 Å². The number of esters is 1. The van der Waals surface area contributed by atoms with Gasteiger partial charge in [-0.2, -0.15) is 5.26 Å². The lowest BCUT2D eigenvalue weighted by atomic mass is 9.98. The minimum Gasteiger partial charge on any atom is -0.456 e. The lowest BCUT2D eigenvalue weighted by Crippen LogP contribution is -2.48. The van der Waals surface area contributed by atoms with Crippen molar-refractivity contribution in [1.82, 2.24) is 5.32 Å². The summed E-state index contributed by atoms with van der Waals surface area (Å²) in [6.07, 6.45) is 1.36. The summed E-state index contributed by atoms with van der Waals surface area (Å²) < 4.78 is 29.1. The Bertz CT molecular complexity index is 828. The number of benzene rings is 1. The van der Waals surface area contributed by atoms with Crippen LogP contribution in [0.25, 0.3) is 0 Å². The molecule has 140 valence electrons. The zero-order chi connectivity index (χ0) is 19.4. The third kappa shape index (κ3) is 5.44. The molecule has 1 aliphatic carbocycles. The van der Waals surface area contributed by atoms with E-state index in [9.17, 15) is 23.3 Å². The molecular formula is C17H19ClN2O5S. The van der Waals surface area contributed by atoms with Crippen molar-refractivity contribution in [1.29, 1.82) is 5.26 Å². The van der Waals surface area contributed by atoms with Crippen molar-refractivity contribution in [2.24, 2.45) is 5.92 Å². The first-order valence-electron chi connectivity index (χ1n) is 8.02. The topological polar surface area (TPSA) is 113 Å². The van der Waals surface area contributed by atoms with Crippen LogP contribution in [0.1, 0.15) is 26.2 Å². The van der Waals surface area contributed by atoms with E-state index >= 15 is 0 Å². The number of rotatable bonds is 8. The second-order valence-corrected chi connectivity index (χ2v) is 8.87. The molecule has 0 saturated heterocycles. The first kappa shape index (κ1) is 20.2. The molecule has 1 N–H and O–H groups in total. The highest BCUT2D eigenvalue weighted by Gasteiger charge is 2.43. The Morgan fingerprint density at radius 1 is 1.35 bits per heavy atom. The van der Waals surface area contributed by atoms with E-state index in [1.807, 2.05) is 0 Å². The number of hydrogen-bond donors (Lipinski definition) is 1. The number of carbonyl (C=O) groups excluding carboxylic acids is 2. The van der Waals surface area contributed by atoms with Crippen molar-refractivity contribution in [2.75, 3.05) is 12.4 Å². The summed E-state index contributed by atoms with van der Waals surface area (Å²) in [5, 5.41) is 12.1. The number of ether oxygens (including phenoxy) is 1. The lowest BCUT2D eigenvalue weighted by Gasteiger charge is -2.22. The average molecular weight is 399 g/mol. The van der Waals surface area contributed by atoms with Gasteiger partial charge in [-0.3, -0.25) is 9.59 Å². The molecule has 2 rings (SSSR count). The third-order valence-corrected chi connectivity index (χ3v) is 6.12. The summed E-state index contributed by atoms with van der Waals surface area (Å²) >= 11 is 5.71. The molecule has 1 amide bonds. The van der Waals surface area contributed by atoms with Gasteiger partial charge in [-0.15, -0.1) is 0 Å². The van der Waals surface area contributed by atoms with Crippen molar-refractivity contribution in [3.05, 3.63) is 29.3 Å². The molecule has 1 saturated carbocycles. The van der Waals surface area contributed by atoms with Crippen molar-refractivity contribution < 1.29 is 22.7 Å². The van der Waals surface area contributed by atoms with Gasteiger partial charge < -0.3 is 10.1 Å². The molecule has 1 aromatic rings. The maximum absolute atomic E-state index is 12.1. The molecule has 0 bridgehead atoms. The third-order valence-electron chi connectivity index (χ3n) is 4.14. The molecule has 0 spiro atoms. The van der Waals surface area contributed by atoms with Gasteiger partial charge in [0.1, 0.15) is 5.54 Å². The summed E-state index contributed by atoms with van der Waals surface area (Å²) in [4.78, 5) is 23.6. The summed E-state index contributed by atoms with van der Waals surface area (Å²) in [6, 6.07) is 7.68. The molecule has 1 aromatic carbocycles. The standard InChI is InChI=1S/C17H19ClN2O5S/c1-17(11-19,12-2-3-12)20-15(21)10-25-16(22)8-9-26(23,24)14-6-4-13(18)5-7-14/h4-7,12H,2-3,8-10H2,1H3,(H,20,21)/t17-/m1/s1. The molecule has 0 radical (unpaired) electrons. The number of nitriles is 1. The summed E-state index contributed by atoms with van der Waals surface area (Å²) in [5.41, 5.74) is -0.971. The molecular weight excluding hydrogens is 380 g/mol. The fourth-order valence-electron chi connectivity index (χ4n) is 2.40. The summed E-state index contributed by atoms with van der Waals surface area (Å²) in [5.74, 6) is -1.72. The highest BCUT2D eigenvalue weighted by Crippen LogP contribution is 2.39. The van der Waals surface area contributed by atoms with Crippen LogP contribution in [0.4, 0.5) is 0 Å². The average Bonchev–Trinajstić information content (AvgIpc) is 3.44. The molecule has 0 heterocycles. The second kappa shape index (κ2) is 8.06.